The molecule has 7 nitrogen and oxygen atoms in total. The summed E-state index contributed by atoms with van der Waals surface area (Å²) >= 11 is 0. The van der Waals surface area contributed by atoms with E-state index in [0.29, 0.717) is 34.4 Å². The van der Waals surface area contributed by atoms with Crippen molar-refractivity contribution in [3.05, 3.63) is 53.7 Å². The smallest absolute Gasteiger partial charge is 0.255 e. The van der Waals surface area contributed by atoms with Gasteiger partial charge >= 0.3 is 0 Å². The minimum atomic E-state index is -0.238. The number of rotatable bonds is 7. The molecule has 1 fully saturated rings. The van der Waals surface area contributed by atoms with Crippen LogP contribution in [-0.4, -0.2) is 37.4 Å². The molecule has 1 aliphatic rings. The molecule has 1 aliphatic carbocycles. The van der Waals surface area contributed by atoms with Gasteiger partial charge in [0.15, 0.2) is 11.5 Å². The lowest BCUT2D eigenvalue weighted by Crippen LogP contribution is -2.13. The highest BCUT2D eigenvalue weighted by atomic mass is 16.5. The van der Waals surface area contributed by atoms with Gasteiger partial charge in [-0.25, -0.2) is 0 Å². The van der Waals surface area contributed by atoms with Crippen molar-refractivity contribution in [3.63, 3.8) is 0 Å². The van der Waals surface area contributed by atoms with Crippen molar-refractivity contribution in [2.45, 2.75) is 18.8 Å². The van der Waals surface area contributed by atoms with E-state index in [1.54, 1.807) is 39.5 Å². The molecule has 1 saturated carbocycles. The highest BCUT2D eigenvalue weighted by Crippen LogP contribution is 2.45. The lowest BCUT2D eigenvalue weighted by Gasteiger charge is -2.11. The van der Waals surface area contributed by atoms with Crippen LogP contribution in [0.15, 0.2) is 42.5 Å². The summed E-state index contributed by atoms with van der Waals surface area (Å²) in [5, 5.41) is 10.7. The number of nitrogens with zero attached hydrogens (tertiary/aromatic N) is 1. The summed E-state index contributed by atoms with van der Waals surface area (Å²) in [7, 11) is 4.73. The van der Waals surface area contributed by atoms with Gasteiger partial charge in [-0.3, -0.25) is 9.89 Å². The van der Waals surface area contributed by atoms with Gasteiger partial charge in [0.05, 0.1) is 32.7 Å². The molecule has 2 N–H and O–H groups in total. The fraction of sp³-hybridized carbons (Fsp3) is 0.273. The number of hydrogen-bond donors (Lipinski definition) is 2. The number of anilines is 1. The molecule has 4 rings (SSSR count). The third-order valence-electron chi connectivity index (χ3n) is 5.01. The second-order valence-electron chi connectivity index (χ2n) is 6.89. The quantitative estimate of drug-likeness (QED) is 0.627. The Bertz CT molecular complexity index is 1040. The average Bonchev–Trinajstić information content (AvgIpc) is 3.53. The summed E-state index contributed by atoms with van der Waals surface area (Å²) < 4.78 is 15.9. The maximum atomic E-state index is 13.0. The molecule has 0 atom stereocenters. The number of carbonyl (C=O) groups is 1. The van der Waals surface area contributed by atoms with Crippen molar-refractivity contribution >= 4 is 11.6 Å². The van der Waals surface area contributed by atoms with Gasteiger partial charge in [0.2, 0.25) is 0 Å². The summed E-state index contributed by atoms with van der Waals surface area (Å²) in [6.07, 6.45) is 2.16. The molecule has 0 spiro atoms. The molecule has 150 valence electrons. The Morgan fingerprint density at radius 3 is 2.52 bits per heavy atom. The molecular weight excluding hydrogens is 370 g/mol. The number of aromatic nitrogens is 2. The van der Waals surface area contributed by atoms with Gasteiger partial charge in [0.25, 0.3) is 5.91 Å². The van der Waals surface area contributed by atoms with Gasteiger partial charge in [-0.15, -0.1) is 0 Å². The molecule has 1 amide bonds. The van der Waals surface area contributed by atoms with Gasteiger partial charge in [0.1, 0.15) is 11.4 Å². The van der Waals surface area contributed by atoms with Gasteiger partial charge in [-0.2, -0.15) is 5.10 Å². The first-order valence-corrected chi connectivity index (χ1v) is 9.40. The molecular formula is C22H23N3O4. The number of nitrogens with one attached hydrogen (secondary N) is 2. The molecule has 3 aromatic rings. The van der Waals surface area contributed by atoms with Crippen LogP contribution in [0.3, 0.4) is 0 Å². The minimum Gasteiger partial charge on any atom is -0.497 e. The summed E-state index contributed by atoms with van der Waals surface area (Å²) in [6, 6.07) is 12.7. The third kappa shape index (κ3) is 3.76. The van der Waals surface area contributed by atoms with E-state index >= 15 is 0 Å². The van der Waals surface area contributed by atoms with Crippen LogP contribution in [-0.2, 0) is 0 Å². The standard InChI is InChI=1S/C22H23N3O4/c1-27-16-6-4-5-14(11-16)20-21(19(24-25-20)13-7-8-13)23-22(26)15-9-10-17(28-2)18(12-15)29-3/h4-6,9-13H,7-8H2,1-3H3,(H,23,26)(H,24,25). The number of H-pyrrole nitrogens is 1. The average molecular weight is 393 g/mol. The summed E-state index contributed by atoms with van der Waals surface area (Å²) in [5.41, 5.74) is 3.70. The predicted octanol–water partition coefficient (Wildman–Crippen LogP) is 4.23. The Morgan fingerprint density at radius 1 is 1.03 bits per heavy atom. The van der Waals surface area contributed by atoms with E-state index in [1.807, 2.05) is 24.3 Å². The number of ether oxygens (including phenoxy) is 3. The lowest BCUT2D eigenvalue weighted by molar-refractivity contribution is 0.102. The van der Waals surface area contributed by atoms with E-state index < -0.39 is 0 Å². The zero-order chi connectivity index (χ0) is 20.4. The summed E-state index contributed by atoms with van der Waals surface area (Å²) in [5.74, 6) is 1.96. The molecule has 0 saturated heterocycles. The summed E-state index contributed by atoms with van der Waals surface area (Å²) in [6.45, 7) is 0. The normalized spacial score (nSPS) is 13.1. The third-order valence-corrected chi connectivity index (χ3v) is 5.01. The maximum Gasteiger partial charge on any atom is 0.255 e. The topological polar surface area (TPSA) is 85.5 Å². The largest absolute Gasteiger partial charge is 0.497 e. The monoisotopic (exact) mass is 393 g/mol. The minimum absolute atomic E-state index is 0.238. The Kier molecular flexibility index (Phi) is 5.12. The van der Waals surface area contributed by atoms with Crippen LogP contribution in [0, 0.1) is 0 Å². The molecule has 0 bridgehead atoms. The highest BCUT2D eigenvalue weighted by molar-refractivity contribution is 6.07. The zero-order valence-electron chi connectivity index (χ0n) is 16.6. The molecule has 0 radical (unpaired) electrons. The number of benzene rings is 2. The number of hydrogen-bond acceptors (Lipinski definition) is 5. The van der Waals surface area contributed by atoms with Crippen molar-refractivity contribution < 1.29 is 19.0 Å². The van der Waals surface area contributed by atoms with E-state index in [1.165, 1.54) is 0 Å². The predicted molar refractivity (Wildman–Crippen MR) is 110 cm³/mol. The summed E-state index contributed by atoms with van der Waals surface area (Å²) in [4.78, 5) is 13.0. The number of aromatic amines is 1. The first-order chi connectivity index (χ1) is 14.1. The van der Waals surface area contributed by atoms with Crippen molar-refractivity contribution in [2.75, 3.05) is 26.6 Å². The first kappa shape index (κ1) is 18.9. The van der Waals surface area contributed by atoms with Crippen LogP contribution in [0.5, 0.6) is 17.2 Å². The molecule has 0 aliphatic heterocycles. The van der Waals surface area contributed by atoms with Crippen LogP contribution >= 0.6 is 0 Å². The van der Waals surface area contributed by atoms with E-state index in [0.717, 1.165) is 29.8 Å². The molecule has 1 aromatic heterocycles. The number of carbonyl (C=O) groups excluding carboxylic acids is 1. The Labute approximate surface area is 169 Å². The van der Waals surface area contributed by atoms with E-state index in [2.05, 4.69) is 15.5 Å². The molecule has 1 heterocycles. The van der Waals surface area contributed by atoms with Crippen molar-refractivity contribution in [1.29, 1.82) is 0 Å². The molecule has 2 aromatic carbocycles. The van der Waals surface area contributed by atoms with Crippen LogP contribution in [0.4, 0.5) is 5.69 Å². The van der Waals surface area contributed by atoms with Crippen LogP contribution in [0.1, 0.15) is 34.8 Å². The number of methoxy groups -OCH3 is 3. The lowest BCUT2D eigenvalue weighted by atomic mass is 10.1. The highest BCUT2D eigenvalue weighted by Gasteiger charge is 2.31. The fourth-order valence-electron chi connectivity index (χ4n) is 3.29. The zero-order valence-corrected chi connectivity index (χ0v) is 16.6. The van der Waals surface area contributed by atoms with E-state index in [9.17, 15) is 4.79 Å². The Morgan fingerprint density at radius 2 is 1.83 bits per heavy atom. The van der Waals surface area contributed by atoms with Crippen molar-refractivity contribution in [2.24, 2.45) is 0 Å². The van der Waals surface area contributed by atoms with Crippen LogP contribution in [0.25, 0.3) is 11.3 Å². The number of amides is 1. The van der Waals surface area contributed by atoms with Gasteiger partial charge in [0, 0.05) is 17.0 Å². The Hall–Kier alpha value is -3.48. The van der Waals surface area contributed by atoms with Crippen molar-refractivity contribution in [3.8, 4) is 28.5 Å². The van der Waals surface area contributed by atoms with E-state index in [4.69, 9.17) is 14.2 Å². The van der Waals surface area contributed by atoms with Gasteiger partial charge in [-0.1, -0.05) is 12.1 Å². The second kappa shape index (κ2) is 7.87. The molecule has 0 unspecified atom stereocenters. The van der Waals surface area contributed by atoms with Crippen molar-refractivity contribution in [1.82, 2.24) is 10.2 Å². The Balaban J connectivity index is 1.69. The van der Waals surface area contributed by atoms with Crippen LogP contribution in [0.2, 0.25) is 0 Å². The van der Waals surface area contributed by atoms with E-state index in [-0.39, 0.29) is 5.91 Å². The fourth-order valence-corrected chi connectivity index (χ4v) is 3.29. The van der Waals surface area contributed by atoms with Gasteiger partial charge in [-0.05, 0) is 43.2 Å². The maximum absolute atomic E-state index is 13.0. The first-order valence-electron chi connectivity index (χ1n) is 9.40. The van der Waals surface area contributed by atoms with Crippen LogP contribution < -0.4 is 19.5 Å². The second-order valence-corrected chi connectivity index (χ2v) is 6.89. The molecule has 7 heteroatoms. The van der Waals surface area contributed by atoms with Gasteiger partial charge < -0.3 is 19.5 Å². The molecule has 29 heavy (non-hydrogen) atoms. The SMILES string of the molecule is COc1cccc(-c2n[nH]c(C3CC3)c2NC(=O)c2ccc(OC)c(OC)c2)c1.